The fourth-order valence-electron chi connectivity index (χ4n) is 0.910. The van der Waals surface area contributed by atoms with Crippen molar-refractivity contribution in [3.05, 3.63) is 35.4 Å². The van der Waals surface area contributed by atoms with Crippen molar-refractivity contribution in [1.82, 2.24) is 0 Å². The van der Waals surface area contributed by atoms with Gasteiger partial charge >= 0.3 is 5.97 Å². The fraction of sp³-hybridized carbons (Fsp3) is 0.125. The molecule has 1 unspecified atom stereocenters. The molecule has 0 spiro atoms. The van der Waals surface area contributed by atoms with Crippen molar-refractivity contribution < 1.29 is 27.4 Å². The first-order valence-corrected chi connectivity index (χ1v) is 3.48. The highest BCUT2D eigenvalue weighted by Gasteiger charge is 2.28. The Morgan fingerprint density at radius 3 is 2.21 bits per heavy atom. The maximum atomic E-state index is 12.9. The molecule has 1 atom stereocenters. The summed E-state index contributed by atoms with van der Waals surface area (Å²) in [4.78, 5) is 12.8. The summed E-state index contributed by atoms with van der Waals surface area (Å²) in [5.74, 6) is -4.54. The maximum absolute atomic E-state index is 12.9. The number of halogens is 4. The molecule has 0 saturated heterocycles. The highest BCUT2D eigenvalue weighted by Crippen LogP contribution is 2.24. The van der Waals surface area contributed by atoms with E-state index in [9.17, 15) is 22.5 Å². The number of carbonyl (C=O) groups is 1. The van der Waals surface area contributed by atoms with Gasteiger partial charge in [-0.05, 0) is 12.1 Å². The van der Waals surface area contributed by atoms with E-state index in [0.717, 1.165) is 18.2 Å². The molecule has 0 radical (unpaired) electrons. The van der Waals surface area contributed by atoms with Gasteiger partial charge in [-0.2, -0.15) is 0 Å². The molecule has 1 aromatic carbocycles. The lowest BCUT2D eigenvalue weighted by molar-refractivity contribution is -0.190. The average Bonchev–Trinajstić information content (AvgIpc) is 2.16. The topological polar surface area (TPSA) is 26.3 Å². The Kier molecular flexibility index (Phi) is 3.06. The smallest absolute Gasteiger partial charge is 0.251 e. The molecule has 0 aliphatic heterocycles. The van der Waals surface area contributed by atoms with Gasteiger partial charge in [0.05, 0.1) is 5.56 Å². The molecule has 76 valence electrons. The van der Waals surface area contributed by atoms with Gasteiger partial charge < -0.3 is 0 Å². The number of hydrogen-bond acceptors (Lipinski definition) is 2. The standard InChI is InChI=1S/C8H4F4O2/c9-4-2-1-3-5(10)6(4)7(11)8(13)14-12/h1-3,7H. The average molecular weight is 208 g/mol. The van der Waals surface area contributed by atoms with Crippen LogP contribution in [0.1, 0.15) is 11.7 Å². The van der Waals surface area contributed by atoms with E-state index in [4.69, 9.17) is 0 Å². The third-order valence-corrected chi connectivity index (χ3v) is 1.54. The van der Waals surface area contributed by atoms with Gasteiger partial charge in [-0.1, -0.05) is 6.07 Å². The zero-order chi connectivity index (χ0) is 10.7. The van der Waals surface area contributed by atoms with Crippen LogP contribution in [0.4, 0.5) is 17.7 Å². The second-order valence-corrected chi connectivity index (χ2v) is 2.39. The van der Waals surface area contributed by atoms with Crippen LogP contribution >= 0.6 is 0 Å². The van der Waals surface area contributed by atoms with Crippen molar-refractivity contribution >= 4 is 5.97 Å². The van der Waals surface area contributed by atoms with Gasteiger partial charge in [-0.3, -0.25) is 4.94 Å². The van der Waals surface area contributed by atoms with E-state index >= 15 is 0 Å². The molecule has 0 amide bonds. The second-order valence-electron chi connectivity index (χ2n) is 2.39. The zero-order valence-electron chi connectivity index (χ0n) is 6.64. The quantitative estimate of drug-likeness (QED) is 0.697. The first-order valence-electron chi connectivity index (χ1n) is 3.48. The van der Waals surface area contributed by atoms with E-state index < -0.39 is 29.3 Å². The summed E-state index contributed by atoms with van der Waals surface area (Å²) in [7, 11) is 0. The Labute approximate surface area is 76.0 Å². The predicted molar refractivity (Wildman–Crippen MR) is 37.4 cm³/mol. The lowest BCUT2D eigenvalue weighted by Gasteiger charge is -2.05. The van der Waals surface area contributed by atoms with E-state index in [1.54, 1.807) is 0 Å². The molecule has 0 aromatic heterocycles. The van der Waals surface area contributed by atoms with Crippen molar-refractivity contribution in [2.24, 2.45) is 0 Å². The van der Waals surface area contributed by atoms with Crippen molar-refractivity contribution in [3.63, 3.8) is 0 Å². The van der Waals surface area contributed by atoms with Crippen molar-refractivity contribution in [3.8, 4) is 0 Å². The molecule has 0 N–H and O–H groups in total. The lowest BCUT2D eigenvalue weighted by Crippen LogP contribution is -2.11. The summed E-state index contributed by atoms with van der Waals surface area (Å²) in [5, 5.41) is 0. The van der Waals surface area contributed by atoms with Crippen LogP contribution < -0.4 is 0 Å². The van der Waals surface area contributed by atoms with Crippen LogP contribution in [-0.4, -0.2) is 5.97 Å². The molecule has 0 saturated carbocycles. The summed E-state index contributed by atoms with van der Waals surface area (Å²) in [5.41, 5.74) is -1.16. The molecular weight excluding hydrogens is 204 g/mol. The Morgan fingerprint density at radius 2 is 1.79 bits per heavy atom. The Bertz CT molecular complexity index is 333. The summed E-state index contributed by atoms with van der Waals surface area (Å²) >= 11 is 0. The van der Waals surface area contributed by atoms with Crippen LogP contribution in [0.15, 0.2) is 18.2 Å². The van der Waals surface area contributed by atoms with Gasteiger partial charge in [-0.15, -0.1) is 0 Å². The number of benzene rings is 1. The van der Waals surface area contributed by atoms with Gasteiger partial charge in [0.15, 0.2) is 0 Å². The van der Waals surface area contributed by atoms with E-state index in [1.807, 2.05) is 0 Å². The highest BCUT2D eigenvalue weighted by molar-refractivity contribution is 5.75. The normalized spacial score (nSPS) is 12.3. The zero-order valence-corrected chi connectivity index (χ0v) is 6.64. The number of rotatable bonds is 2. The number of hydrogen-bond donors (Lipinski definition) is 0. The Morgan fingerprint density at radius 1 is 1.29 bits per heavy atom. The molecular formula is C8H4F4O2. The third kappa shape index (κ3) is 1.84. The van der Waals surface area contributed by atoms with Crippen LogP contribution in [0.5, 0.6) is 0 Å². The minimum atomic E-state index is -2.80. The van der Waals surface area contributed by atoms with Crippen LogP contribution in [-0.2, 0) is 9.74 Å². The lowest BCUT2D eigenvalue weighted by atomic mass is 10.1. The van der Waals surface area contributed by atoms with Gasteiger partial charge in [0, 0.05) is 4.53 Å². The highest BCUT2D eigenvalue weighted by atomic mass is 19.3. The number of alkyl halides is 1. The molecule has 14 heavy (non-hydrogen) atoms. The van der Waals surface area contributed by atoms with Crippen LogP contribution in [0.3, 0.4) is 0 Å². The number of carbonyl (C=O) groups excluding carboxylic acids is 1. The maximum Gasteiger partial charge on any atom is 0.387 e. The van der Waals surface area contributed by atoms with Gasteiger partial charge in [-0.25, -0.2) is 18.0 Å². The van der Waals surface area contributed by atoms with Crippen molar-refractivity contribution in [2.75, 3.05) is 0 Å². The Hall–Kier alpha value is -1.59. The molecule has 6 heteroatoms. The molecule has 0 aliphatic rings. The van der Waals surface area contributed by atoms with Crippen LogP contribution in [0.2, 0.25) is 0 Å². The summed E-state index contributed by atoms with van der Waals surface area (Å²) < 4.78 is 49.7. The monoisotopic (exact) mass is 208 g/mol. The van der Waals surface area contributed by atoms with E-state index in [0.29, 0.717) is 0 Å². The first-order chi connectivity index (χ1) is 6.57. The van der Waals surface area contributed by atoms with Gasteiger partial charge in [0.1, 0.15) is 11.6 Å². The second kappa shape index (κ2) is 4.08. The molecule has 1 rings (SSSR count). The van der Waals surface area contributed by atoms with Crippen LogP contribution in [0.25, 0.3) is 0 Å². The first kappa shape index (κ1) is 10.5. The SMILES string of the molecule is O=C(OF)C(F)c1c(F)cccc1F. The van der Waals surface area contributed by atoms with Crippen molar-refractivity contribution in [2.45, 2.75) is 6.17 Å². The Balaban J connectivity index is 3.11. The third-order valence-electron chi connectivity index (χ3n) is 1.54. The molecule has 0 fully saturated rings. The van der Waals surface area contributed by atoms with Gasteiger partial charge in [0.25, 0.3) is 0 Å². The molecule has 1 aromatic rings. The molecule has 0 heterocycles. The van der Waals surface area contributed by atoms with E-state index in [2.05, 4.69) is 4.94 Å². The minimum absolute atomic E-state index is 0.747. The predicted octanol–water partition coefficient (Wildman–Crippen LogP) is 2.40. The van der Waals surface area contributed by atoms with E-state index in [-0.39, 0.29) is 0 Å². The molecule has 0 bridgehead atoms. The summed E-state index contributed by atoms with van der Waals surface area (Å²) in [6.07, 6.45) is -2.80. The molecule has 0 aliphatic carbocycles. The van der Waals surface area contributed by atoms with Crippen LogP contribution in [0, 0.1) is 11.6 Å². The van der Waals surface area contributed by atoms with E-state index in [1.165, 1.54) is 0 Å². The fourth-order valence-corrected chi connectivity index (χ4v) is 0.910. The largest absolute Gasteiger partial charge is 0.387 e. The minimum Gasteiger partial charge on any atom is -0.251 e. The van der Waals surface area contributed by atoms with Crippen molar-refractivity contribution in [1.29, 1.82) is 0 Å². The van der Waals surface area contributed by atoms with Gasteiger partial charge in [0.2, 0.25) is 6.17 Å². The summed E-state index contributed by atoms with van der Waals surface area (Å²) in [6.45, 7) is 0. The molecule has 2 nitrogen and oxygen atoms in total. The summed E-state index contributed by atoms with van der Waals surface area (Å²) in [6, 6.07) is 2.48.